The van der Waals surface area contributed by atoms with Gasteiger partial charge in [0.05, 0.1) is 12.5 Å². The van der Waals surface area contributed by atoms with Gasteiger partial charge in [-0.2, -0.15) is 0 Å². The van der Waals surface area contributed by atoms with Crippen molar-refractivity contribution in [1.29, 1.82) is 0 Å². The average Bonchev–Trinajstić information content (AvgIpc) is 2.84. The molecule has 4 amide bonds. The third-order valence-electron chi connectivity index (χ3n) is 5.83. The molecule has 0 aliphatic heterocycles. The molecule has 210 valence electrons. The second-order valence-electron chi connectivity index (χ2n) is 8.91. The van der Waals surface area contributed by atoms with Crippen LogP contribution in [0.25, 0.3) is 0 Å². The smallest absolute Gasteiger partial charge is 0.326 e. The van der Waals surface area contributed by atoms with E-state index in [0.29, 0.717) is 12.0 Å². The lowest BCUT2D eigenvalue weighted by molar-refractivity contribution is -0.142. The number of aliphatic carboxylic acids is 2. The number of carbonyl (C=O) groups excluding carboxylic acids is 4. The number of hydrogen-bond acceptors (Lipinski definition) is 8. The Balaban J connectivity index is 3.19. The first kappa shape index (κ1) is 31.8. The molecule has 5 unspecified atom stereocenters. The first-order valence-electron chi connectivity index (χ1n) is 11.9. The van der Waals surface area contributed by atoms with Gasteiger partial charge < -0.3 is 42.7 Å². The summed E-state index contributed by atoms with van der Waals surface area (Å²) in [7, 11) is 0. The molecule has 0 radical (unpaired) electrons. The van der Waals surface area contributed by atoms with Crippen LogP contribution < -0.4 is 27.4 Å². The quantitative estimate of drug-likeness (QED) is 0.122. The minimum absolute atomic E-state index is 0.0339. The van der Waals surface area contributed by atoms with E-state index in [1.165, 1.54) is 24.3 Å². The van der Waals surface area contributed by atoms with Crippen molar-refractivity contribution in [3.63, 3.8) is 0 Å². The molecule has 5 atom stereocenters. The molecule has 0 saturated heterocycles. The van der Waals surface area contributed by atoms with Crippen LogP contribution in [0.1, 0.15) is 45.1 Å². The van der Waals surface area contributed by atoms with Crippen LogP contribution >= 0.6 is 0 Å². The summed E-state index contributed by atoms with van der Waals surface area (Å²) in [5.74, 6) is -6.47. The minimum atomic E-state index is -1.46. The highest BCUT2D eigenvalue weighted by molar-refractivity contribution is 5.95. The molecule has 14 heteroatoms. The minimum Gasteiger partial charge on any atom is -0.508 e. The van der Waals surface area contributed by atoms with Crippen LogP contribution in [0.5, 0.6) is 5.75 Å². The zero-order valence-electron chi connectivity index (χ0n) is 21.2. The number of rotatable bonds is 16. The van der Waals surface area contributed by atoms with Crippen molar-refractivity contribution in [1.82, 2.24) is 16.0 Å². The Labute approximate surface area is 219 Å². The molecule has 0 saturated carbocycles. The molecule has 14 nitrogen and oxygen atoms in total. The first-order chi connectivity index (χ1) is 17.7. The number of benzene rings is 1. The van der Waals surface area contributed by atoms with Crippen LogP contribution in [0.4, 0.5) is 0 Å². The maximum absolute atomic E-state index is 13.2. The van der Waals surface area contributed by atoms with Crippen LogP contribution in [0, 0.1) is 5.92 Å². The highest BCUT2D eigenvalue weighted by Crippen LogP contribution is 2.14. The Hall–Kier alpha value is -4.20. The molecule has 1 aromatic carbocycles. The molecule has 0 aliphatic rings. The van der Waals surface area contributed by atoms with Gasteiger partial charge >= 0.3 is 11.9 Å². The predicted molar refractivity (Wildman–Crippen MR) is 133 cm³/mol. The number of carboxylic acids is 2. The number of phenols is 1. The highest BCUT2D eigenvalue weighted by Gasteiger charge is 2.33. The summed E-state index contributed by atoms with van der Waals surface area (Å²) in [5, 5.41) is 35.1. The fourth-order valence-electron chi connectivity index (χ4n) is 3.40. The van der Waals surface area contributed by atoms with Gasteiger partial charge in [0.1, 0.15) is 23.9 Å². The Morgan fingerprint density at radius 1 is 0.895 bits per heavy atom. The number of aromatic hydroxyl groups is 1. The maximum atomic E-state index is 13.2. The predicted octanol–water partition coefficient (Wildman–Crippen LogP) is -1.41. The van der Waals surface area contributed by atoms with Crippen molar-refractivity contribution in [2.24, 2.45) is 17.4 Å². The van der Waals surface area contributed by atoms with E-state index < -0.39 is 72.1 Å². The standard InChI is InChI=1S/C24H35N5O9/c1-3-12(2)20(29-21(34)15(25)11-19(32)33)23(36)28-17(10-13-4-6-14(30)7-5-13)22(35)27-16(24(37)38)8-9-18(26)31/h4-7,12,15-17,20,30H,3,8-11,25H2,1-2H3,(H2,26,31)(H,27,35)(H,28,36)(H,29,34)(H,32,33)(H,37,38). The van der Waals surface area contributed by atoms with Crippen LogP contribution in [0.3, 0.4) is 0 Å². The number of hydrogen-bond donors (Lipinski definition) is 8. The summed E-state index contributed by atoms with van der Waals surface area (Å²) in [6.45, 7) is 3.41. The van der Waals surface area contributed by atoms with Crippen molar-refractivity contribution < 1.29 is 44.1 Å². The van der Waals surface area contributed by atoms with Crippen LogP contribution in [-0.2, 0) is 35.2 Å². The van der Waals surface area contributed by atoms with Crippen LogP contribution in [0.2, 0.25) is 0 Å². The molecular weight excluding hydrogens is 502 g/mol. The van der Waals surface area contributed by atoms with E-state index in [0.717, 1.165) is 0 Å². The summed E-state index contributed by atoms with van der Waals surface area (Å²) in [6.07, 6.45) is -0.919. The Kier molecular flexibility index (Phi) is 12.7. The van der Waals surface area contributed by atoms with Gasteiger partial charge in [0, 0.05) is 12.8 Å². The molecule has 1 aromatic rings. The topological polar surface area (TPSA) is 251 Å². The number of nitrogens with one attached hydrogen (secondary N) is 3. The van der Waals surface area contributed by atoms with Crippen LogP contribution in [0.15, 0.2) is 24.3 Å². The van der Waals surface area contributed by atoms with Crippen LogP contribution in [-0.4, -0.2) is 75.1 Å². The third-order valence-corrected chi connectivity index (χ3v) is 5.83. The molecular formula is C24H35N5O9. The van der Waals surface area contributed by atoms with E-state index in [4.69, 9.17) is 16.6 Å². The lowest BCUT2D eigenvalue weighted by Crippen LogP contribution is -2.59. The fourth-order valence-corrected chi connectivity index (χ4v) is 3.40. The zero-order chi connectivity index (χ0) is 29.0. The largest absolute Gasteiger partial charge is 0.508 e. The van der Waals surface area contributed by atoms with E-state index in [1.54, 1.807) is 13.8 Å². The molecule has 0 aromatic heterocycles. The lowest BCUT2D eigenvalue weighted by Gasteiger charge is -2.28. The summed E-state index contributed by atoms with van der Waals surface area (Å²) in [5.41, 5.74) is 11.2. The van der Waals surface area contributed by atoms with Gasteiger partial charge in [-0.25, -0.2) is 4.79 Å². The SMILES string of the molecule is CCC(C)C(NC(=O)C(N)CC(=O)O)C(=O)NC(Cc1ccc(O)cc1)C(=O)NC(CCC(N)=O)C(=O)O. The van der Waals surface area contributed by atoms with E-state index in [2.05, 4.69) is 16.0 Å². The number of primary amides is 1. The summed E-state index contributed by atoms with van der Waals surface area (Å²) in [4.78, 5) is 72.3. The van der Waals surface area contributed by atoms with Gasteiger partial charge in [-0.3, -0.25) is 24.0 Å². The number of phenolic OH excluding ortho intramolecular Hbond substituents is 1. The molecule has 0 bridgehead atoms. The highest BCUT2D eigenvalue weighted by atomic mass is 16.4. The van der Waals surface area contributed by atoms with Crippen molar-refractivity contribution in [2.45, 2.75) is 70.1 Å². The van der Waals surface area contributed by atoms with E-state index in [-0.39, 0.29) is 25.0 Å². The second-order valence-corrected chi connectivity index (χ2v) is 8.91. The van der Waals surface area contributed by atoms with Crippen molar-refractivity contribution in [3.05, 3.63) is 29.8 Å². The lowest BCUT2D eigenvalue weighted by atomic mass is 9.96. The average molecular weight is 538 g/mol. The number of carbonyl (C=O) groups is 6. The van der Waals surface area contributed by atoms with Gasteiger partial charge in [0.15, 0.2) is 0 Å². The second kappa shape index (κ2) is 15.1. The zero-order valence-corrected chi connectivity index (χ0v) is 21.2. The Morgan fingerprint density at radius 2 is 1.47 bits per heavy atom. The maximum Gasteiger partial charge on any atom is 0.326 e. The normalized spacial score (nSPS) is 14.7. The molecule has 0 heterocycles. The van der Waals surface area contributed by atoms with Crippen molar-refractivity contribution in [3.8, 4) is 5.75 Å². The Morgan fingerprint density at radius 3 is 1.97 bits per heavy atom. The molecule has 10 N–H and O–H groups in total. The van der Waals surface area contributed by atoms with Gasteiger partial charge in [-0.15, -0.1) is 0 Å². The monoisotopic (exact) mass is 537 g/mol. The van der Waals surface area contributed by atoms with E-state index >= 15 is 0 Å². The summed E-state index contributed by atoms with van der Waals surface area (Å²) in [6, 6.07) is 0.352. The molecule has 1 rings (SSSR count). The van der Waals surface area contributed by atoms with Gasteiger partial charge in [-0.05, 0) is 30.0 Å². The van der Waals surface area contributed by atoms with Gasteiger partial charge in [-0.1, -0.05) is 32.4 Å². The van der Waals surface area contributed by atoms with E-state index in [1.807, 2.05) is 0 Å². The first-order valence-corrected chi connectivity index (χ1v) is 11.9. The Bertz CT molecular complexity index is 1020. The molecule has 0 aliphatic carbocycles. The number of carboxylic acid groups (broad SMARTS) is 2. The third kappa shape index (κ3) is 10.8. The summed E-state index contributed by atoms with van der Waals surface area (Å²) < 4.78 is 0. The number of nitrogens with two attached hydrogens (primary N) is 2. The van der Waals surface area contributed by atoms with Gasteiger partial charge in [0.2, 0.25) is 23.6 Å². The molecule has 38 heavy (non-hydrogen) atoms. The fraction of sp³-hybridized carbons (Fsp3) is 0.500. The molecule has 0 spiro atoms. The summed E-state index contributed by atoms with van der Waals surface area (Å²) >= 11 is 0. The molecule has 0 fully saturated rings. The van der Waals surface area contributed by atoms with Gasteiger partial charge in [0.25, 0.3) is 0 Å². The number of amides is 4. The van der Waals surface area contributed by atoms with Crippen molar-refractivity contribution in [2.75, 3.05) is 0 Å². The van der Waals surface area contributed by atoms with E-state index in [9.17, 15) is 39.0 Å². The van der Waals surface area contributed by atoms with Crippen molar-refractivity contribution >= 4 is 35.6 Å².